The first-order chi connectivity index (χ1) is 8.81. The molecular formula is C14H15N3O. The molecule has 3 rings (SSSR count). The summed E-state index contributed by atoms with van der Waals surface area (Å²) in [5.74, 6) is 0.998. The molecule has 1 aromatic carbocycles. The molecular weight excluding hydrogens is 226 g/mol. The fourth-order valence-corrected chi connectivity index (χ4v) is 2.24. The van der Waals surface area contributed by atoms with Gasteiger partial charge in [-0.15, -0.1) is 0 Å². The summed E-state index contributed by atoms with van der Waals surface area (Å²) in [4.78, 5) is 4.41. The summed E-state index contributed by atoms with van der Waals surface area (Å²) >= 11 is 0. The molecule has 0 saturated heterocycles. The third-order valence-electron chi connectivity index (χ3n) is 3.21. The van der Waals surface area contributed by atoms with E-state index in [2.05, 4.69) is 15.6 Å². The zero-order valence-corrected chi connectivity index (χ0v) is 10.3. The van der Waals surface area contributed by atoms with Crippen LogP contribution < -0.4 is 5.73 Å². The number of benzene rings is 1. The fourth-order valence-electron chi connectivity index (χ4n) is 2.24. The lowest BCUT2D eigenvalue weighted by Gasteiger charge is -2.03. The molecule has 3 aromatic rings. The number of nitrogens with two attached hydrogens (primary N) is 1. The second kappa shape index (κ2) is 4.31. The Hall–Kier alpha value is -2.07. The monoisotopic (exact) mass is 241 g/mol. The third-order valence-corrected chi connectivity index (χ3v) is 3.21. The van der Waals surface area contributed by atoms with Crippen LogP contribution in [0.5, 0.6) is 0 Å². The van der Waals surface area contributed by atoms with Gasteiger partial charge in [-0.2, -0.15) is 0 Å². The Morgan fingerprint density at radius 3 is 3.00 bits per heavy atom. The van der Waals surface area contributed by atoms with Gasteiger partial charge in [0.2, 0.25) is 0 Å². The lowest BCUT2D eigenvalue weighted by Crippen LogP contribution is -2.08. The van der Waals surface area contributed by atoms with Crippen LogP contribution in [0.1, 0.15) is 5.82 Å². The van der Waals surface area contributed by atoms with Crippen LogP contribution in [-0.4, -0.2) is 16.1 Å². The van der Waals surface area contributed by atoms with E-state index in [0.29, 0.717) is 6.54 Å². The molecule has 0 unspecified atom stereocenters. The number of nitrogens with zero attached hydrogens (tertiary/aromatic N) is 2. The van der Waals surface area contributed by atoms with Gasteiger partial charge in [-0.05, 0) is 12.6 Å². The van der Waals surface area contributed by atoms with E-state index in [1.807, 2.05) is 31.4 Å². The zero-order chi connectivity index (χ0) is 12.5. The molecule has 4 heteroatoms. The summed E-state index contributed by atoms with van der Waals surface area (Å²) < 4.78 is 7.64. The maximum atomic E-state index is 5.58. The summed E-state index contributed by atoms with van der Waals surface area (Å²) in [6, 6.07) is 8.01. The smallest absolute Gasteiger partial charge is 0.134 e. The highest BCUT2D eigenvalue weighted by atomic mass is 16.3. The number of hydrogen-bond acceptors (Lipinski definition) is 3. The van der Waals surface area contributed by atoms with Gasteiger partial charge < -0.3 is 14.7 Å². The van der Waals surface area contributed by atoms with Crippen molar-refractivity contribution < 1.29 is 4.42 Å². The van der Waals surface area contributed by atoms with E-state index in [-0.39, 0.29) is 0 Å². The van der Waals surface area contributed by atoms with Crippen molar-refractivity contribution in [3.05, 3.63) is 42.5 Å². The van der Waals surface area contributed by atoms with Gasteiger partial charge in [0.15, 0.2) is 0 Å². The van der Waals surface area contributed by atoms with Gasteiger partial charge >= 0.3 is 0 Å². The molecule has 4 nitrogen and oxygen atoms in total. The Balaban J connectivity index is 2.15. The Bertz CT molecular complexity index is 681. The topological polar surface area (TPSA) is 57.0 Å². The molecule has 2 heterocycles. The van der Waals surface area contributed by atoms with Crippen molar-refractivity contribution in [2.45, 2.75) is 6.42 Å². The summed E-state index contributed by atoms with van der Waals surface area (Å²) in [6.45, 7) is 0.608. The number of para-hydroxylation sites is 1. The molecule has 0 radical (unpaired) electrons. The molecule has 2 aromatic heterocycles. The third kappa shape index (κ3) is 1.62. The van der Waals surface area contributed by atoms with E-state index in [1.54, 1.807) is 6.26 Å². The van der Waals surface area contributed by atoms with Crippen molar-refractivity contribution in [2.75, 3.05) is 6.54 Å². The summed E-state index contributed by atoms with van der Waals surface area (Å²) in [7, 11) is 2.01. The van der Waals surface area contributed by atoms with E-state index >= 15 is 0 Å². The van der Waals surface area contributed by atoms with Crippen molar-refractivity contribution in [1.82, 2.24) is 9.55 Å². The van der Waals surface area contributed by atoms with Crippen LogP contribution in [0.4, 0.5) is 0 Å². The normalized spacial score (nSPS) is 11.2. The number of fused-ring (bicyclic) bond motifs is 1. The van der Waals surface area contributed by atoms with Crippen LogP contribution in [0.2, 0.25) is 0 Å². The molecule has 0 fully saturated rings. The lowest BCUT2D eigenvalue weighted by atomic mass is 10.1. The average Bonchev–Trinajstić information content (AvgIpc) is 2.95. The molecule has 0 aliphatic carbocycles. The Morgan fingerprint density at radius 1 is 1.33 bits per heavy atom. The van der Waals surface area contributed by atoms with E-state index in [9.17, 15) is 0 Å². The van der Waals surface area contributed by atoms with Crippen molar-refractivity contribution in [3.8, 4) is 11.3 Å². The largest absolute Gasteiger partial charge is 0.464 e. The highest BCUT2D eigenvalue weighted by Gasteiger charge is 2.13. The summed E-state index contributed by atoms with van der Waals surface area (Å²) in [6.07, 6.45) is 4.45. The predicted octanol–water partition coefficient (Wildman–Crippen LogP) is 2.33. The van der Waals surface area contributed by atoms with Gasteiger partial charge in [-0.3, -0.25) is 0 Å². The van der Waals surface area contributed by atoms with E-state index < -0.39 is 0 Å². The standard InChI is InChI=1S/C14H15N3O/c1-17-12(8-16-14(17)6-7-15)11-9-18-13-5-3-2-4-10(11)13/h2-5,8-9H,6-7,15H2,1H3. The van der Waals surface area contributed by atoms with Gasteiger partial charge in [0.05, 0.1) is 11.9 Å². The van der Waals surface area contributed by atoms with Gasteiger partial charge in [0.25, 0.3) is 0 Å². The van der Waals surface area contributed by atoms with Crippen molar-refractivity contribution in [2.24, 2.45) is 12.8 Å². The molecule has 18 heavy (non-hydrogen) atoms. The first kappa shape index (κ1) is 11.0. The minimum absolute atomic E-state index is 0.608. The van der Waals surface area contributed by atoms with E-state index in [1.165, 1.54) is 0 Å². The average molecular weight is 241 g/mol. The molecule has 0 atom stereocenters. The van der Waals surface area contributed by atoms with Gasteiger partial charge in [0, 0.05) is 24.4 Å². The van der Waals surface area contributed by atoms with Crippen LogP contribution >= 0.6 is 0 Å². The second-order valence-corrected chi connectivity index (χ2v) is 4.30. The Kier molecular flexibility index (Phi) is 2.64. The molecule has 0 saturated carbocycles. The molecule has 0 aliphatic heterocycles. The number of rotatable bonds is 3. The van der Waals surface area contributed by atoms with E-state index in [0.717, 1.165) is 34.5 Å². The molecule has 92 valence electrons. The predicted molar refractivity (Wildman–Crippen MR) is 71.2 cm³/mol. The number of imidazole rings is 1. The van der Waals surface area contributed by atoms with Crippen LogP contribution in [0.3, 0.4) is 0 Å². The van der Waals surface area contributed by atoms with Crippen LogP contribution in [0.25, 0.3) is 22.2 Å². The lowest BCUT2D eigenvalue weighted by molar-refractivity contribution is 0.616. The Morgan fingerprint density at radius 2 is 2.17 bits per heavy atom. The van der Waals surface area contributed by atoms with Gasteiger partial charge in [0.1, 0.15) is 17.7 Å². The molecule has 2 N–H and O–H groups in total. The van der Waals surface area contributed by atoms with Crippen molar-refractivity contribution in [1.29, 1.82) is 0 Å². The molecule has 0 amide bonds. The summed E-state index contributed by atoms with van der Waals surface area (Å²) in [5, 5.41) is 1.11. The molecule has 0 bridgehead atoms. The van der Waals surface area contributed by atoms with Crippen molar-refractivity contribution in [3.63, 3.8) is 0 Å². The second-order valence-electron chi connectivity index (χ2n) is 4.30. The highest BCUT2D eigenvalue weighted by Crippen LogP contribution is 2.30. The molecule has 0 spiro atoms. The molecule has 0 aliphatic rings. The maximum Gasteiger partial charge on any atom is 0.134 e. The maximum absolute atomic E-state index is 5.58. The van der Waals surface area contributed by atoms with Crippen LogP contribution in [0.15, 0.2) is 41.1 Å². The first-order valence-corrected chi connectivity index (χ1v) is 5.98. The highest BCUT2D eigenvalue weighted by molar-refractivity contribution is 5.92. The minimum atomic E-state index is 0.608. The number of hydrogen-bond donors (Lipinski definition) is 1. The summed E-state index contributed by atoms with van der Waals surface area (Å²) in [5.41, 5.74) is 8.61. The quantitative estimate of drug-likeness (QED) is 0.765. The SMILES string of the molecule is Cn1c(-c2coc3ccccc23)cnc1CCN. The number of aromatic nitrogens is 2. The van der Waals surface area contributed by atoms with Crippen LogP contribution in [0, 0.1) is 0 Å². The number of furan rings is 1. The fraction of sp³-hybridized carbons (Fsp3) is 0.214. The van der Waals surface area contributed by atoms with Gasteiger partial charge in [-0.1, -0.05) is 18.2 Å². The van der Waals surface area contributed by atoms with Crippen molar-refractivity contribution >= 4 is 11.0 Å². The van der Waals surface area contributed by atoms with E-state index in [4.69, 9.17) is 10.2 Å². The van der Waals surface area contributed by atoms with Gasteiger partial charge in [-0.25, -0.2) is 4.98 Å². The van der Waals surface area contributed by atoms with Crippen LogP contribution in [-0.2, 0) is 13.5 Å². The first-order valence-electron chi connectivity index (χ1n) is 5.98. The Labute approximate surface area is 105 Å². The zero-order valence-electron chi connectivity index (χ0n) is 10.3. The minimum Gasteiger partial charge on any atom is -0.464 e.